The van der Waals surface area contributed by atoms with E-state index >= 15 is 0 Å². The molecule has 1 N–H and O–H groups in total. The molecule has 0 saturated heterocycles. The number of hydrogen-bond acceptors (Lipinski definition) is 6. The standard InChI is InChI=1S/C16H21N7/c1-3-11-12(10-17)16(22-19-13(11)4-2)18-8-7-15-21-20-14-6-5-9-23(14)15/h3-9H2,1-2H3,(H,18,22). The van der Waals surface area contributed by atoms with Crippen LogP contribution in [0.3, 0.4) is 0 Å². The number of aromatic nitrogens is 5. The minimum absolute atomic E-state index is 0.572. The van der Waals surface area contributed by atoms with Crippen molar-refractivity contribution in [1.29, 1.82) is 5.26 Å². The van der Waals surface area contributed by atoms with Gasteiger partial charge in [-0.2, -0.15) is 10.4 Å². The molecule has 0 radical (unpaired) electrons. The third kappa shape index (κ3) is 2.89. The minimum atomic E-state index is 0.572. The molecule has 120 valence electrons. The predicted molar refractivity (Wildman–Crippen MR) is 86.0 cm³/mol. The second-order valence-corrected chi connectivity index (χ2v) is 5.63. The van der Waals surface area contributed by atoms with Gasteiger partial charge in [-0.25, -0.2) is 0 Å². The summed E-state index contributed by atoms with van der Waals surface area (Å²) in [6, 6.07) is 2.28. The number of aryl methyl sites for hydroxylation is 2. The highest BCUT2D eigenvalue weighted by Gasteiger charge is 2.17. The van der Waals surface area contributed by atoms with Gasteiger partial charge in [0.2, 0.25) is 0 Å². The largest absolute Gasteiger partial charge is 0.367 e. The molecule has 0 atom stereocenters. The van der Waals surface area contributed by atoms with Crippen molar-refractivity contribution in [1.82, 2.24) is 25.0 Å². The first-order chi connectivity index (χ1) is 11.3. The first-order valence-electron chi connectivity index (χ1n) is 8.21. The normalized spacial score (nSPS) is 12.9. The molecule has 0 aliphatic carbocycles. The molecule has 2 aromatic heterocycles. The number of nitrogens with zero attached hydrogens (tertiary/aromatic N) is 6. The zero-order valence-electron chi connectivity index (χ0n) is 13.6. The maximum Gasteiger partial charge on any atom is 0.166 e. The second kappa shape index (κ2) is 6.73. The minimum Gasteiger partial charge on any atom is -0.367 e. The van der Waals surface area contributed by atoms with Crippen LogP contribution in [0.1, 0.15) is 48.7 Å². The topological polar surface area (TPSA) is 92.3 Å². The van der Waals surface area contributed by atoms with Gasteiger partial charge in [0, 0.05) is 25.9 Å². The quantitative estimate of drug-likeness (QED) is 0.872. The summed E-state index contributed by atoms with van der Waals surface area (Å²) in [4.78, 5) is 0. The molecule has 0 saturated carbocycles. The maximum absolute atomic E-state index is 9.48. The SMILES string of the molecule is CCc1nnc(NCCc2nnc3n2CCC3)c(C#N)c1CC. The van der Waals surface area contributed by atoms with Crippen LogP contribution in [0.25, 0.3) is 0 Å². The number of fused-ring (bicyclic) bond motifs is 1. The van der Waals surface area contributed by atoms with Gasteiger partial charge in [-0.05, 0) is 24.8 Å². The maximum atomic E-state index is 9.48. The monoisotopic (exact) mass is 311 g/mol. The predicted octanol–water partition coefficient (Wildman–Crippen LogP) is 1.67. The van der Waals surface area contributed by atoms with Crippen LogP contribution in [0.5, 0.6) is 0 Å². The lowest BCUT2D eigenvalue weighted by atomic mass is 10.0. The van der Waals surface area contributed by atoms with Crippen molar-refractivity contribution in [2.24, 2.45) is 0 Å². The molecular weight excluding hydrogens is 290 g/mol. The molecule has 23 heavy (non-hydrogen) atoms. The highest BCUT2D eigenvalue weighted by molar-refractivity contribution is 5.56. The van der Waals surface area contributed by atoms with Crippen LogP contribution in [0.2, 0.25) is 0 Å². The molecule has 3 heterocycles. The van der Waals surface area contributed by atoms with E-state index in [1.165, 1.54) is 0 Å². The number of anilines is 1. The average molecular weight is 311 g/mol. The Morgan fingerprint density at radius 1 is 1.17 bits per heavy atom. The van der Waals surface area contributed by atoms with Crippen molar-refractivity contribution in [2.45, 2.75) is 52.5 Å². The number of hydrogen-bond donors (Lipinski definition) is 1. The Hall–Kier alpha value is -2.49. The van der Waals surface area contributed by atoms with Gasteiger partial charge < -0.3 is 9.88 Å². The van der Waals surface area contributed by atoms with Gasteiger partial charge in [0.15, 0.2) is 5.82 Å². The molecule has 7 nitrogen and oxygen atoms in total. The van der Waals surface area contributed by atoms with Crippen LogP contribution >= 0.6 is 0 Å². The van der Waals surface area contributed by atoms with E-state index in [4.69, 9.17) is 0 Å². The van der Waals surface area contributed by atoms with Gasteiger partial charge in [0.05, 0.1) is 5.69 Å². The third-order valence-electron chi connectivity index (χ3n) is 4.29. The highest BCUT2D eigenvalue weighted by atomic mass is 15.3. The van der Waals surface area contributed by atoms with Crippen LogP contribution in [-0.2, 0) is 32.2 Å². The van der Waals surface area contributed by atoms with Gasteiger partial charge in [-0.15, -0.1) is 15.3 Å². The zero-order valence-corrected chi connectivity index (χ0v) is 13.6. The summed E-state index contributed by atoms with van der Waals surface area (Å²) in [5.41, 5.74) is 2.52. The van der Waals surface area contributed by atoms with E-state index in [0.29, 0.717) is 17.9 Å². The average Bonchev–Trinajstić information content (AvgIpc) is 3.18. The van der Waals surface area contributed by atoms with Gasteiger partial charge in [-0.1, -0.05) is 13.8 Å². The first-order valence-corrected chi connectivity index (χ1v) is 8.21. The van der Waals surface area contributed by atoms with Crippen molar-refractivity contribution >= 4 is 5.82 Å². The molecule has 0 bridgehead atoms. The van der Waals surface area contributed by atoms with Crippen LogP contribution in [0.4, 0.5) is 5.82 Å². The summed E-state index contributed by atoms with van der Waals surface area (Å²) in [7, 11) is 0. The van der Waals surface area contributed by atoms with Crippen molar-refractivity contribution < 1.29 is 0 Å². The highest BCUT2D eigenvalue weighted by Crippen LogP contribution is 2.20. The number of rotatable bonds is 6. The summed E-state index contributed by atoms with van der Waals surface area (Å²) < 4.78 is 2.19. The Bertz CT molecular complexity index is 742. The van der Waals surface area contributed by atoms with E-state index in [-0.39, 0.29) is 0 Å². The lowest BCUT2D eigenvalue weighted by Gasteiger charge is -2.12. The lowest BCUT2D eigenvalue weighted by Crippen LogP contribution is -2.14. The van der Waals surface area contributed by atoms with E-state index < -0.39 is 0 Å². The zero-order chi connectivity index (χ0) is 16.2. The van der Waals surface area contributed by atoms with Gasteiger partial charge >= 0.3 is 0 Å². The molecule has 2 aromatic rings. The summed E-state index contributed by atoms with van der Waals surface area (Å²) in [6.07, 6.45) is 4.50. The fourth-order valence-electron chi connectivity index (χ4n) is 3.11. The molecule has 0 amide bonds. The molecule has 3 rings (SSSR count). The smallest absolute Gasteiger partial charge is 0.166 e. The van der Waals surface area contributed by atoms with E-state index in [9.17, 15) is 5.26 Å². The number of nitrogens with one attached hydrogen (secondary N) is 1. The fraction of sp³-hybridized carbons (Fsp3) is 0.562. The van der Waals surface area contributed by atoms with Crippen molar-refractivity contribution in [3.8, 4) is 6.07 Å². The second-order valence-electron chi connectivity index (χ2n) is 5.63. The summed E-state index contributed by atoms with van der Waals surface area (Å²) >= 11 is 0. The molecule has 1 aliphatic heterocycles. The third-order valence-corrected chi connectivity index (χ3v) is 4.29. The Morgan fingerprint density at radius 3 is 2.78 bits per heavy atom. The van der Waals surface area contributed by atoms with Gasteiger partial charge in [0.1, 0.15) is 23.3 Å². The van der Waals surface area contributed by atoms with Crippen molar-refractivity contribution in [3.05, 3.63) is 28.5 Å². The van der Waals surface area contributed by atoms with Crippen LogP contribution in [0, 0.1) is 11.3 Å². The molecule has 0 spiro atoms. The van der Waals surface area contributed by atoms with Crippen molar-refractivity contribution in [3.63, 3.8) is 0 Å². The van der Waals surface area contributed by atoms with E-state index in [0.717, 1.165) is 61.6 Å². The lowest BCUT2D eigenvalue weighted by molar-refractivity contribution is 0.686. The Balaban J connectivity index is 1.72. The summed E-state index contributed by atoms with van der Waals surface area (Å²) in [5, 5.41) is 29.6. The molecule has 7 heteroatoms. The fourth-order valence-corrected chi connectivity index (χ4v) is 3.11. The van der Waals surface area contributed by atoms with E-state index in [1.807, 2.05) is 13.8 Å². The molecule has 1 aliphatic rings. The van der Waals surface area contributed by atoms with E-state index in [1.54, 1.807) is 0 Å². The summed E-state index contributed by atoms with van der Waals surface area (Å²) in [5.74, 6) is 2.65. The Labute approximate surface area is 135 Å². The Morgan fingerprint density at radius 2 is 2.04 bits per heavy atom. The Kier molecular flexibility index (Phi) is 4.51. The molecular formula is C16H21N7. The van der Waals surface area contributed by atoms with Gasteiger partial charge in [-0.3, -0.25) is 0 Å². The molecule has 0 unspecified atom stereocenters. The summed E-state index contributed by atoms with van der Waals surface area (Å²) in [6.45, 7) is 5.74. The van der Waals surface area contributed by atoms with Crippen molar-refractivity contribution in [2.75, 3.05) is 11.9 Å². The molecule has 0 fully saturated rings. The van der Waals surface area contributed by atoms with Gasteiger partial charge in [0.25, 0.3) is 0 Å². The van der Waals surface area contributed by atoms with Crippen LogP contribution in [-0.4, -0.2) is 31.5 Å². The van der Waals surface area contributed by atoms with E-state index in [2.05, 4.69) is 36.3 Å². The van der Waals surface area contributed by atoms with Crippen LogP contribution < -0.4 is 5.32 Å². The number of nitriles is 1. The molecule has 0 aromatic carbocycles. The van der Waals surface area contributed by atoms with Crippen LogP contribution in [0.15, 0.2) is 0 Å². The first kappa shape index (κ1) is 15.4.